The van der Waals surface area contributed by atoms with Crippen LogP contribution in [0.5, 0.6) is 0 Å². The number of imidazole rings is 2. The molecule has 0 atom stereocenters. The van der Waals surface area contributed by atoms with Crippen LogP contribution in [0.25, 0.3) is 100 Å². The van der Waals surface area contributed by atoms with E-state index in [9.17, 15) is 0 Å². The summed E-state index contributed by atoms with van der Waals surface area (Å²) in [6, 6.07) is 75.6. The Labute approximate surface area is 336 Å². The number of fused-ring (bicyclic) bond motifs is 5. The highest BCUT2D eigenvalue weighted by Crippen LogP contribution is 2.55. The van der Waals surface area contributed by atoms with Crippen LogP contribution in [0.4, 0.5) is 0 Å². The van der Waals surface area contributed by atoms with Crippen LogP contribution in [0.3, 0.4) is 0 Å². The van der Waals surface area contributed by atoms with Crippen LogP contribution in [-0.4, -0.2) is 18.9 Å². The van der Waals surface area contributed by atoms with E-state index in [-0.39, 0.29) is 0 Å². The number of rotatable bonds is 7. The Morgan fingerprint density at radius 3 is 1.33 bits per heavy atom. The minimum Gasteiger partial charge on any atom is -0.278 e. The number of hydrogen-bond acceptors (Lipinski definition) is 2. The van der Waals surface area contributed by atoms with E-state index in [0.29, 0.717) is 0 Å². The summed E-state index contributed by atoms with van der Waals surface area (Å²) in [6.45, 7) is 0. The molecule has 3 aromatic heterocycles. The molecule has 0 aliphatic carbocycles. The second-order valence-electron chi connectivity index (χ2n) is 14.5. The van der Waals surface area contributed by atoms with Crippen LogP contribution in [0, 0.1) is 0 Å². The largest absolute Gasteiger partial charge is 0.278 e. The predicted molar refractivity (Wildman–Crippen MR) is 240 cm³/mol. The van der Waals surface area contributed by atoms with Gasteiger partial charge in [-0.3, -0.25) is 14.0 Å². The first-order valence-electron chi connectivity index (χ1n) is 19.7. The van der Waals surface area contributed by atoms with Crippen molar-refractivity contribution in [3.05, 3.63) is 219 Å². The summed E-state index contributed by atoms with van der Waals surface area (Å²) in [6.07, 6.45) is 1.90. The van der Waals surface area contributed by atoms with E-state index >= 15 is 0 Å². The monoisotopic (exact) mass is 740 g/mol. The molecule has 0 saturated heterocycles. The average molecular weight is 741 g/mol. The van der Waals surface area contributed by atoms with Crippen LogP contribution in [-0.2, 0) is 0 Å². The van der Waals surface area contributed by atoms with Crippen molar-refractivity contribution in [1.82, 2.24) is 18.9 Å². The highest BCUT2D eigenvalue weighted by atomic mass is 15.2. The molecule has 0 unspecified atom stereocenters. The summed E-state index contributed by atoms with van der Waals surface area (Å²) in [5.74, 6) is 0.881. The van der Waals surface area contributed by atoms with Gasteiger partial charge >= 0.3 is 0 Å². The average Bonchev–Trinajstić information content (AvgIpc) is 3.84. The van der Waals surface area contributed by atoms with Gasteiger partial charge in [0, 0.05) is 28.6 Å². The van der Waals surface area contributed by atoms with Gasteiger partial charge in [-0.2, -0.15) is 0 Å². The van der Waals surface area contributed by atoms with Gasteiger partial charge < -0.3 is 0 Å². The van der Waals surface area contributed by atoms with Gasteiger partial charge in [0.25, 0.3) is 0 Å². The van der Waals surface area contributed by atoms with Gasteiger partial charge in [0.2, 0.25) is 5.78 Å². The normalized spacial score (nSPS) is 11.4. The lowest BCUT2D eigenvalue weighted by Crippen LogP contribution is -2.03. The van der Waals surface area contributed by atoms with Gasteiger partial charge in [-0.25, -0.2) is 4.98 Å². The molecule has 272 valence electrons. The molecule has 0 bridgehead atoms. The fourth-order valence-electron chi connectivity index (χ4n) is 8.79. The zero-order valence-corrected chi connectivity index (χ0v) is 31.6. The number of para-hydroxylation sites is 4. The Balaban J connectivity index is 1.34. The van der Waals surface area contributed by atoms with E-state index < -0.39 is 0 Å². The SMILES string of the molecule is c1ccc(-c2c(-c3cccc(-n4c5ccccc5n5c6ccccc6nc45)c3)c(-c3ccccc3)c(-c3ccccc3)c(-c3ccccn3)c2-c2ccccc2)cc1. The van der Waals surface area contributed by atoms with Crippen molar-refractivity contribution in [1.29, 1.82) is 0 Å². The fourth-order valence-corrected chi connectivity index (χ4v) is 8.79. The van der Waals surface area contributed by atoms with Gasteiger partial charge in [-0.05, 0) is 93.0 Å². The minimum atomic E-state index is 0.881. The molecule has 0 aliphatic rings. The third-order valence-electron chi connectivity index (χ3n) is 11.2. The van der Waals surface area contributed by atoms with E-state index in [1.165, 1.54) is 0 Å². The Morgan fingerprint density at radius 1 is 0.328 bits per heavy atom. The van der Waals surface area contributed by atoms with Crippen LogP contribution >= 0.6 is 0 Å². The molecule has 58 heavy (non-hydrogen) atoms. The van der Waals surface area contributed by atoms with Crippen LogP contribution in [0.2, 0.25) is 0 Å². The first kappa shape index (κ1) is 33.5. The first-order chi connectivity index (χ1) is 28.8. The third kappa shape index (κ3) is 5.46. The van der Waals surface area contributed by atoms with Gasteiger partial charge in [-0.15, -0.1) is 0 Å². The van der Waals surface area contributed by atoms with Gasteiger partial charge in [-0.1, -0.05) is 164 Å². The predicted octanol–water partition coefficient (Wildman–Crippen LogP) is 13.8. The number of pyridine rings is 1. The summed E-state index contributed by atoms with van der Waals surface area (Å²) in [5.41, 5.74) is 18.6. The maximum Gasteiger partial charge on any atom is 0.220 e. The molecular formula is C54H36N4. The molecule has 8 aromatic carbocycles. The van der Waals surface area contributed by atoms with Crippen molar-refractivity contribution in [2.24, 2.45) is 0 Å². The summed E-state index contributed by atoms with van der Waals surface area (Å²) >= 11 is 0. The number of aromatic nitrogens is 4. The van der Waals surface area contributed by atoms with Crippen molar-refractivity contribution in [3.63, 3.8) is 0 Å². The minimum absolute atomic E-state index is 0.881. The van der Waals surface area contributed by atoms with Crippen LogP contribution in [0.15, 0.2) is 219 Å². The molecule has 0 fully saturated rings. The highest BCUT2D eigenvalue weighted by Gasteiger charge is 2.30. The van der Waals surface area contributed by atoms with Crippen molar-refractivity contribution in [3.8, 4) is 72.6 Å². The molecule has 4 nitrogen and oxygen atoms in total. The molecule has 0 radical (unpaired) electrons. The maximum absolute atomic E-state index is 5.23. The van der Waals surface area contributed by atoms with E-state index in [0.717, 1.165) is 100 Å². The lowest BCUT2D eigenvalue weighted by atomic mass is 9.75. The molecular weight excluding hydrogens is 705 g/mol. The smallest absolute Gasteiger partial charge is 0.220 e. The molecule has 0 N–H and O–H groups in total. The van der Waals surface area contributed by atoms with Gasteiger partial charge in [0.1, 0.15) is 0 Å². The Morgan fingerprint density at radius 2 is 0.776 bits per heavy atom. The second kappa shape index (κ2) is 14.0. The Hall–Kier alpha value is -7.82. The Kier molecular flexibility index (Phi) is 8.11. The molecule has 11 rings (SSSR count). The van der Waals surface area contributed by atoms with Gasteiger partial charge in [0.15, 0.2) is 0 Å². The Bertz CT molecular complexity index is 3140. The van der Waals surface area contributed by atoms with Crippen molar-refractivity contribution >= 4 is 27.8 Å². The lowest BCUT2D eigenvalue weighted by Gasteiger charge is -2.28. The molecule has 0 aliphatic heterocycles. The molecule has 0 spiro atoms. The summed E-state index contributed by atoms with van der Waals surface area (Å²) in [4.78, 5) is 10.3. The van der Waals surface area contributed by atoms with Crippen LogP contribution < -0.4 is 0 Å². The fraction of sp³-hybridized carbons (Fsp3) is 0. The molecule has 3 heterocycles. The van der Waals surface area contributed by atoms with E-state index in [4.69, 9.17) is 9.97 Å². The highest BCUT2D eigenvalue weighted by molar-refractivity contribution is 6.14. The summed E-state index contributed by atoms with van der Waals surface area (Å²) in [7, 11) is 0. The summed E-state index contributed by atoms with van der Waals surface area (Å²) < 4.78 is 4.59. The van der Waals surface area contributed by atoms with Crippen molar-refractivity contribution < 1.29 is 0 Å². The second-order valence-corrected chi connectivity index (χ2v) is 14.5. The van der Waals surface area contributed by atoms with Crippen molar-refractivity contribution in [2.45, 2.75) is 0 Å². The quantitative estimate of drug-likeness (QED) is 0.163. The molecule has 4 heteroatoms. The zero-order valence-electron chi connectivity index (χ0n) is 31.6. The van der Waals surface area contributed by atoms with Crippen molar-refractivity contribution in [2.75, 3.05) is 0 Å². The number of hydrogen-bond donors (Lipinski definition) is 0. The summed E-state index contributed by atoms with van der Waals surface area (Å²) in [5, 5.41) is 0. The molecule has 11 aromatic rings. The maximum atomic E-state index is 5.23. The van der Waals surface area contributed by atoms with Crippen LogP contribution in [0.1, 0.15) is 0 Å². The third-order valence-corrected chi connectivity index (χ3v) is 11.2. The standard InChI is InChI=1S/C54H36N4/c1-5-20-37(21-6-1)48-50(39-24-9-3-10-25-39)53(44-31-17-18-35-55-44)51(40-26-11-4-12-27-40)49(38-22-7-2-8-23-38)52(48)41-28-19-29-42(36-41)57-46-33-15-16-34-47(46)58-45-32-14-13-30-43(45)56-54(57)58/h1-36H. The first-order valence-corrected chi connectivity index (χ1v) is 19.7. The van der Waals surface area contributed by atoms with Gasteiger partial charge in [0.05, 0.1) is 27.8 Å². The number of nitrogens with zero attached hydrogens (tertiary/aromatic N) is 4. The van der Waals surface area contributed by atoms with E-state index in [1.54, 1.807) is 0 Å². The van der Waals surface area contributed by atoms with E-state index in [1.807, 2.05) is 12.3 Å². The lowest BCUT2D eigenvalue weighted by molar-refractivity contribution is 1.11. The molecule has 0 amide bonds. The van der Waals surface area contributed by atoms with E-state index in [2.05, 4.69) is 215 Å². The number of benzene rings is 8. The topological polar surface area (TPSA) is 35.1 Å². The molecule has 0 saturated carbocycles. The zero-order chi connectivity index (χ0) is 38.4.